The van der Waals surface area contributed by atoms with Gasteiger partial charge in [-0.25, -0.2) is 8.42 Å². The zero-order valence-electron chi connectivity index (χ0n) is 15.7. The Labute approximate surface area is 158 Å². The molecular weight excluding hydrogens is 352 g/mol. The van der Waals surface area contributed by atoms with Gasteiger partial charge in [0, 0.05) is 10.5 Å². The van der Waals surface area contributed by atoms with Gasteiger partial charge >= 0.3 is 0 Å². The standard InChI is InChI=1S/C20H32O5S/c1-3-4-5-6-7-8-9-10-11-12-13-19(14-15-21)20(17-22)16-18(2)26(23,24)25/h14-17H,2-13H2,1H3,(H,23,24,25)/p-1/b19-14+,20-16-. The summed E-state index contributed by atoms with van der Waals surface area (Å²) in [4.78, 5) is 21.3. The Morgan fingerprint density at radius 1 is 0.923 bits per heavy atom. The highest BCUT2D eigenvalue weighted by atomic mass is 32.2. The van der Waals surface area contributed by atoms with Gasteiger partial charge in [0.05, 0.1) is 0 Å². The number of hydrogen-bond acceptors (Lipinski definition) is 5. The van der Waals surface area contributed by atoms with E-state index in [0.717, 1.165) is 25.3 Å². The van der Waals surface area contributed by atoms with Crippen LogP contribution in [0.4, 0.5) is 0 Å². The fourth-order valence-electron chi connectivity index (χ4n) is 2.66. The van der Waals surface area contributed by atoms with Gasteiger partial charge in [-0.3, -0.25) is 9.59 Å². The van der Waals surface area contributed by atoms with Crippen LogP contribution < -0.4 is 0 Å². The largest absolute Gasteiger partial charge is 0.744 e. The van der Waals surface area contributed by atoms with Gasteiger partial charge in [-0.1, -0.05) is 71.3 Å². The van der Waals surface area contributed by atoms with Crippen LogP contribution in [0.5, 0.6) is 0 Å². The Bertz CT molecular complexity index is 600. The minimum Gasteiger partial charge on any atom is -0.744 e. The summed E-state index contributed by atoms with van der Waals surface area (Å²) in [7, 11) is -4.70. The van der Waals surface area contributed by atoms with Crippen molar-refractivity contribution in [1.29, 1.82) is 0 Å². The lowest BCUT2D eigenvalue weighted by Gasteiger charge is -2.10. The Morgan fingerprint density at radius 2 is 1.42 bits per heavy atom. The van der Waals surface area contributed by atoms with Gasteiger partial charge in [0.25, 0.3) is 0 Å². The third-order valence-corrected chi connectivity index (χ3v) is 4.96. The average Bonchev–Trinajstić information content (AvgIpc) is 2.59. The highest BCUT2D eigenvalue weighted by Crippen LogP contribution is 2.20. The van der Waals surface area contributed by atoms with Crippen molar-refractivity contribution < 1.29 is 22.6 Å². The molecule has 0 heterocycles. The van der Waals surface area contributed by atoms with Crippen molar-refractivity contribution in [3.63, 3.8) is 0 Å². The molecule has 0 aromatic carbocycles. The molecule has 0 aromatic heterocycles. The van der Waals surface area contributed by atoms with Crippen molar-refractivity contribution >= 4 is 22.7 Å². The Balaban J connectivity index is 4.34. The number of allylic oxidation sites excluding steroid dienone is 4. The summed E-state index contributed by atoms with van der Waals surface area (Å²) in [6.45, 7) is 5.36. The van der Waals surface area contributed by atoms with Crippen LogP contribution in [0.1, 0.15) is 77.6 Å². The molecule has 0 radical (unpaired) electrons. The highest BCUT2D eigenvalue weighted by Gasteiger charge is 2.08. The van der Waals surface area contributed by atoms with Crippen LogP contribution in [-0.2, 0) is 19.7 Å². The normalized spacial score (nSPS) is 12.8. The van der Waals surface area contributed by atoms with Crippen LogP contribution >= 0.6 is 0 Å². The van der Waals surface area contributed by atoms with Gasteiger partial charge in [-0.05, 0) is 30.6 Å². The quantitative estimate of drug-likeness (QED) is 0.128. The molecule has 0 aromatic rings. The Hall–Kier alpha value is -1.53. The molecule has 0 saturated heterocycles. The molecule has 0 saturated carbocycles. The minimum absolute atomic E-state index is 0.0115. The molecule has 0 aliphatic heterocycles. The minimum atomic E-state index is -4.70. The van der Waals surface area contributed by atoms with Crippen molar-refractivity contribution in [3.05, 3.63) is 34.8 Å². The van der Waals surface area contributed by atoms with Crippen LogP contribution in [0.2, 0.25) is 0 Å². The van der Waals surface area contributed by atoms with E-state index in [9.17, 15) is 22.6 Å². The maximum atomic E-state index is 11.2. The summed E-state index contributed by atoms with van der Waals surface area (Å²) in [5, 5.41) is 0. The van der Waals surface area contributed by atoms with Crippen LogP contribution in [0, 0.1) is 0 Å². The SMILES string of the molecule is C=C(/C=C(C=O)\C(=C\C=O)CCCCCCCCCCCC)S(=O)(=O)[O-]. The third kappa shape index (κ3) is 11.9. The van der Waals surface area contributed by atoms with Gasteiger partial charge in [-0.2, -0.15) is 0 Å². The molecule has 0 unspecified atom stereocenters. The summed E-state index contributed by atoms with van der Waals surface area (Å²) in [5.41, 5.74) is 0.441. The second-order valence-electron chi connectivity index (χ2n) is 6.40. The lowest BCUT2D eigenvalue weighted by Crippen LogP contribution is -2.01. The predicted octanol–water partition coefficient (Wildman–Crippen LogP) is 4.61. The number of hydrogen-bond donors (Lipinski definition) is 0. The topological polar surface area (TPSA) is 91.3 Å². The third-order valence-electron chi connectivity index (χ3n) is 4.20. The average molecular weight is 384 g/mol. The van der Waals surface area contributed by atoms with Crippen LogP contribution in [-0.4, -0.2) is 25.5 Å². The first-order valence-corrected chi connectivity index (χ1v) is 10.7. The molecule has 0 rings (SSSR count). The molecule has 0 spiro atoms. The second kappa shape index (κ2) is 14.6. The molecule has 0 aliphatic carbocycles. The first-order chi connectivity index (χ1) is 12.4. The van der Waals surface area contributed by atoms with E-state index in [1.165, 1.54) is 51.0 Å². The molecule has 0 bridgehead atoms. The van der Waals surface area contributed by atoms with E-state index >= 15 is 0 Å². The summed E-state index contributed by atoms with van der Waals surface area (Å²) in [6, 6.07) is 0. The van der Waals surface area contributed by atoms with E-state index in [-0.39, 0.29) is 5.57 Å². The lowest BCUT2D eigenvalue weighted by atomic mass is 9.98. The summed E-state index contributed by atoms with van der Waals surface area (Å²) in [5.74, 6) is 0. The van der Waals surface area contributed by atoms with Crippen molar-refractivity contribution in [1.82, 2.24) is 0 Å². The molecule has 6 heteroatoms. The van der Waals surface area contributed by atoms with Crippen molar-refractivity contribution in [2.24, 2.45) is 0 Å². The fraction of sp³-hybridized carbons (Fsp3) is 0.600. The van der Waals surface area contributed by atoms with Gasteiger partial charge in [-0.15, -0.1) is 0 Å². The summed E-state index contributed by atoms with van der Waals surface area (Å²) >= 11 is 0. The summed E-state index contributed by atoms with van der Waals surface area (Å²) < 4.78 is 32.7. The zero-order valence-corrected chi connectivity index (χ0v) is 16.6. The maximum absolute atomic E-state index is 11.2. The molecular formula is C20H31O5S-. The Kier molecular flexibility index (Phi) is 13.8. The van der Waals surface area contributed by atoms with Crippen LogP contribution in [0.25, 0.3) is 0 Å². The van der Waals surface area contributed by atoms with Gasteiger partial charge in [0.1, 0.15) is 22.7 Å². The number of unbranched alkanes of at least 4 members (excludes halogenated alkanes) is 9. The molecule has 0 fully saturated rings. The van der Waals surface area contributed by atoms with Crippen molar-refractivity contribution in [2.45, 2.75) is 77.6 Å². The lowest BCUT2D eigenvalue weighted by molar-refractivity contribution is -0.104. The number of aldehydes is 2. The predicted molar refractivity (Wildman–Crippen MR) is 104 cm³/mol. The molecule has 26 heavy (non-hydrogen) atoms. The van der Waals surface area contributed by atoms with E-state index in [4.69, 9.17) is 0 Å². The first-order valence-electron chi connectivity index (χ1n) is 9.33. The van der Waals surface area contributed by atoms with Gasteiger partial charge in [0.2, 0.25) is 0 Å². The van der Waals surface area contributed by atoms with Crippen LogP contribution in [0.3, 0.4) is 0 Å². The number of carbonyl (C=O) groups is 2. The van der Waals surface area contributed by atoms with E-state index < -0.39 is 15.0 Å². The number of carbonyl (C=O) groups excluding carboxylic acids is 2. The van der Waals surface area contributed by atoms with E-state index in [1.54, 1.807) is 0 Å². The van der Waals surface area contributed by atoms with Crippen LogP contribution in [0.15, 0.2) is 34.8 Å². The smallest absolute Gasteiger partial charge is 0.150 e. The number of rotatable bonds is 16. The molecule has 0 atom stereocenters. The molecule has 5 nitrogen and oxygen atoms in total. The molecule has 0 aliphatic rings. The zero-order chi connectivity index (χ0) is 19.8. The van der Waals surface area contributed by atoms with E-state index in [2.05, 4.69) is 13.5 Å². The van der Waals surface area contributed by atoms with Crippen molar-refractivity contribution in [3.8, 4) is 0 Å². The molecule has 148 valence electrons. The van der Waals surface area contributed by atoms with E-state index in [0.29, 0.717) is 24.6 Å². The second-order valence-corrected chi connectivity index (χ2v) is 7.83. The maximum Gasteiger partial charge on any atom is 0.150 e. The highest BCUT2D eigenvalue weighted by molar-refractivity contribution is 7.89. The van der Waals surface area contributed by atoms with E-state index in [1.807, 2.05) is 0 Å². The molecule has 0 N–H and O–H groups in total. The fourth-order valence-corrected chi connectivity index (χ4v) is 2.93. The monoisotopic (exact) mass is 383 g/mol. The van der Waals surface area contributed by atoms with Gasteiger partial charge in [0.15, 0.2) is 0 Å². The summed E-state index contributed by atoms with van der Waals surface area (Å²) in [6.07, 6.45) is 15.3. The van der Waals surface area contributed by atoms with Gasteiger partial charge < -0.3 is 4.55 Å². The Morgan fingerprint density at radius 3 is 1.85 bits per heavy atom. The first kappa shape index (κ1) is 24.5. The molecule has 0 amide bonds. The van der Waals surface area contributed by atoms with Crippen molar-refractivity contribution in [2.75, 3.05) is 0 Å².